The maximum Gasteiger partial charge on any atom is 0.315 e. The zero-order valence-electron chi connectivity index (χ0n) is 9.23. The highest BCUT2D eigenvalue weighted by molar-refractivity contribution is 6.14. The molecule has 2 amide bonds. The van der Waals surface area contributed by atoms with Crippen molar-refractivity contribution in [2.24, 2.45) is 22.6 Å². The molecule has 88 valence electrons. The summed E-state index contributed by atoms with van der Waals surface area (Å²) in [7, 11) is 0. The molecule has 2 N–H and O–H groups in total. The zero-order chi connectivity index (χ0) is 12.3. The molecule has 1 rings (SSSR count). The van der Waals surface area contributed by atoms with Crippen LogP contribution in [0.5, 0.6) is 0 Å². The molecular formula is C10H14N2O4. The molecule has 2 atom stereocenters. The Morgan fingerprint density at radius 1 is 1.50 bits per heavy atom. The quantitative estimate of drug-likeness (QED) is 0.663. The van der Waals surface area contributed by atoms with Crippen LogP contribution in [-0.4, -0.2) is 30.1 Å². The van der Waals surface area contributed by atoms with E-state index in [2.05, 4.69) is 4.99 Å². The van der Waals surface area contributed by atoms with Crippen LogP contribution in [0.1, 0.15) is 20.3 Å². The summed E-state index contributed by atoms with van der Waals surface area (Å²) in [5.74, 6) is -3.19. The Morgan fingerprint density at radius 3 is 2.62 bits per heavy atom. The number of hydrogen-bond donors (Lipinski definition) is 1. The van der Waals surface area contributed by atoms with Gasteiger partial charge in [0.2, 0.25) is 11.8 Å². The minimum atomic E-state index is -0.795. The highest BCUT2D eigenvalue weighted by Gasteiger charge is 2.42. The van der Waals surface area contributed by atoms with Gasteiger partial charge in [-0.05, 0) is 13.8 Å². The maximum atomic E-state index is 11.6. The Morgan fingerprint density at radius 2 is 2.12 bits per heavy atom. The summed E-state index contributed by atoms with van der Waals surface area (Å²) in [6.07, 6.45) is -0.177. The topological polar surface area (TPSA) is 98.8 Å². The first-order valence-corrected chi connectivity index (χ1v) is 5.01. The fraction of sp³-hybridized carbons (Fsp3) is 0.600. The van der Waals surface area contributed by atoms with Gasteiger partial charge in [-0.25, -0.2) is 4.99 Å². The summed E-state index contributed by atoms with van der Waals surface area (Å²) in [6.45, 7) is 3.46. The van der Waals surface area contributed by atoms with Gasteiger partial charge in [0.05, 0.1) is 12.5 Å². The van der Waals surface area contributed by atoms with Crippen LogP contribution in [0.15, 0.2) is 4.99 Å². The van der Waals surface area contributed by atoms with E-state index in [1.165, 1.54) is 0 Å². The minimum absolute atomic E-state index is 0.177. The van der Waals surface area contributed by atoms with Gasteiger partial charge in [-0.1, -0.05) is 0 Å². The first-order chi connectivity index (χ1) is 7.47. The number of rotatable bonds is 4. The Hall–Kier alpha value is -1.72. The van der Waals surface area contributed by atoms with E-state index in [1.54, 1.807) is 13.8 Å². The van der Waals surface area contributed by atoms with Crippen molar-refractivity contribution in [3.05, 3.63) is 0 Å². The molecule has 0 aromatic rings. The third-order valence-electron chi connectivity index (χ3n) is 2.42. The summed E-state index contributed by atoms with van der Waals surface area (Å²) < 4.78 is 4.83. The number of hydrogen-bond acceptors (Lipinski definition) is 4. The lowest BCUT2D eigenvalue weighted by Crippen LogP contribution is -2.32. The maximum absolute atomic E-state index is 11.6. The highest BCUT2D eigenvalue weighted by atomic mass is 16.5. The predicted molar refractivity (Wildman–Crippen MR) is 55.5 cm³/mol. The lowest BCUT2D eigenvalue weighted by molar-refractivity contribution is -0.148. The normalized spacial score (nSPS) is 24.1. The van der Waals surface area contributed by atoms with Gasteiger partial charge in [0, 0.05) is 12.1 Å². The van der Waals surface area contributed by atoms with Crippen LogP contribution < -0.4 is 5.73 Å². The first kappa shape index (κ1) is 12.4. The summed E-state index contributed by atoms with van der Waals surface area (Å²) >= 11 is 0. The largest absolute Gasteiger partial charge is 0.465 e. The van der Waals surface area contributed by atoms with Gasteiger partial charge in [0.15, 0.2) is 0 Å². The van der Waals surface area contributed by atoms with Crippen molar-refractivity contribution in [3.8, 4) is 0 Å². The van der Waals surface area contributed by atoms with Gasteiger partial charge >= 0.3 is 5.97 Å². The summed E-state index contributed by atoms with van der Waals surface area (Å²) in [5, 5.41) is 0. The van der Waals surface area contributed by atoms with Crippen molar-refractivity contribution >= 4 is 23.5 Å². The molecule has 6 heteroatoms. The van der Waals surface area contributed by atoms with Crippen LogP contribution in [-0.2, 0) is 19.1 Å². The highest BCUT2D eigenvalue weighted by Crippen LogP contribution is 2.27. The second-order valence-electron chi connectivity index (χ2n) is 3.60. The fourth-order valence-corrected chi connectivity index (χ4v) is 1.75. The van der Waals surface area contributed by atoms with Crippen LogP contribution in [0.2, 0.25) is 0 Å². The Kier molecular flexibility index (Phi) is 3.76. The van der Waals surface area contributed by atoms with Crippen molar-refractivity contribution in [1.29, 1.82) is 0 Å². The van der Waals surface area contributed by atoms with Crippen molar-refractivity contribution in [3.63, 3.8) is 0 Å². The Bertz CT molecular complexity index is 362. The average molecular weight is 226 g/mol. The number of carbonyl (C=O) groups excluding carboxylic acids is 3. The number of carbonyl (C=O) groups is 3. The number of nitrogens with two attached hydrogens (primary N) is 1. The average Bonchev–Trinajstić information content (AvgIpc) is 2.41. The van der Waals surface area contributed by atoms with E-state index in [1.807, 2.05) is 0 Å². The summed E-state index contributed by atoms with van der Waals surface area (Å²) in [6, 6.07) is 0. The molecule has 16 heavy (non-hydrogen) atoms. The van der Waals surface area contributed by atoms with Crippen molar-refractivity contribution < 1.29 is 19.1 Å². The standard InChI is InChI=1S/C10H14N2O4/c1-3-16-10(15)8-5(2)12-9(14)6(8)4-7(11)13/h6,8H,3-4H2,1-2H3,(H2,11,13). The Labute approximate surface area is 92.9 Å². The van der Waals surface area contributed by atoms with Crippen LogP contribution >= 0.6 is 0 Å². The monoisotopic (exact) mass is 226 g/mol. The van der Waals surface area contributed by atoms with Gasteiger partial charge < -0.3 is 10.5 Å². The lowest BCUT2D eigenvalue weighted by Gasteiger charge is -2.15. The first-order valence-electron chi connectivity index (χ1n) is 5.01. The van der Waals surface area contributed by atoms with E-state index in [4.69, 9.17) is 10.5 Å². The number of esters is 1. The SMILES string of the molecule is CCOC(=O)C1C(C)=NC(=O)C1CC(N)=O. The molecule has 0 radical (unpaired) electrons. The number of aliphatic imine (C=N–C) groups is 1. The van der Waals surface area contributed by atoms with Gasteiger partial charge in [-0.15, -0.1) is 0 Å². The molecule has 0 aliphatic carbocycles. The predicted octanol–water partition coefficient (Wildman–Crippen LogP) is -0.342. The van der Waals surface area contributed by atoms with E-state index < -0.39 is 29.6 Å². The van der Waals surface area contributed by atoms with E-state index in [0.717, 1.165) is 0 Å². The second kappa shape index (κ2) is 4.87. The summed E-state index contributed by atoms with van der Waals surface area (Å²) in [4.78, 5) is 37.5. The molecule has 0 saturated carbocycles. The van der Waals surface area contributed by atoms with Crippen LogP contribution in [0, 0.1) is 11.8 Å². The zero-order valence-corrected chi connectivity index (χ0v) is 9.23. The van der Waals surface area contributed by atoms with Crippen LogP contribution in [0.4, 0.5) is 0 Å². The van der Waals surface area contributed by atoms with E-state index in [0.29, 0.717) is 5.71 Å². The number of ether oxygens (including phenoxy) is 1. The number of primary amides is 1. The van der Waals surface area contributed by atoms with Crippen LogP contribution in [0.25, 0.3) is 0 Å². The molecule has 2 unspecified atom stereocenters. The molecule has 0 fully saturated rings. The third-order valence-corrected chi connectivity index (χ3v) is 2.42. The smallest absolute Gasteiger partial charge is 0.315 e. The molecule has 1 heterocycles. The van der Waals surface area contributed by atoms with Gasteiger partial charge in [-0.3, -0.25) is 14.4 Å². The molecule has 0 spiro atoms. The van der Waals surface area contributed by atoms with Gasteiger partial charge in [0.25, 0.3) is 0 Å². The number of nitrogens with zero attached hydrogens (tertiary/aromatic N) is 1. The van der Waals surface area contributed by atoms with E-state index >= 15 is 0 Å². The van der Waals surface area contributed by atoms with E-state index in [-0.39, 0.29) is 13.0 Å². The molecule has 6 nitrogen and oxygen atoms in total. The molecule has 1 aliphatic heterocycles. The fourth-order valence-electron chi connectivity index (χ4n) is 1.75. The van der Waals surface area contributed by atoms with Gasteiger partial charge in [0.1, 0.15) is 5.92 Å². The summed E-state index contributed by atoms with van der Waals surface area (Å²) in [5.41, 5.74) is 5.41. The van der Waals surface area contributed by atoms with Gasteiger partial charge in [-0.2, -0.15) is 0 Å². The molecule has 0 bridgehead atoms. The lowest BCUT2D eigenvalue weighted by atomic mass is 9.88. The molecule has 0 aromatic carbocycles. The molecular weight excluding hydrogens is 212 g/mol. The number of amides is 2. The van der Waals surface area contributed by atoms with Crippen molar-refractivity contribution in [2.75, 3.05) is 6.61 Å². The van der Waals surface area contributed by atoms with Crippen molar-refractivity contribution in [2.45, 2.75) is 20.3 Å². The van der Waals surface area contributed by atoms with Crippen molar-refractivity contribution in [1.82, 2.24) is 0 Å². The van der Waals surface area contributed by atoms with Crippen LogP contribution in [0.3, 0.4) is 0 Å². The minimum Gasteiger partial charge on any atom is -0.465 e. The molecule has 0 saturated heterocycles. The van der Waals surface area contributed by atoms with E-state index in [9.17, 15) is 14.4 Å². The Balaban J connectivity index is 2.85. The second-order valence-corrected chi connectivity index (χ2v) is 3.60. The molecule has 1 aliphatic rings. The third kappa shape index (κ3) is 2.44. The molecule has 0 aromatic heterocycles.